The smallest absolute Gasteiger partial charge is 0.416 e. The van der Waals surface area contributed by atoms with Gasteiger partial charge in [-0.2, -0.15) is 13.2 Å². The lowest BCUT2D eigenvalue weighted by Gasteiger charge is -2.34. The molecule has 122 valence electrons. The van der Waals surface area contributed by atoms with Crippen LogP contribution in [0.1, 0.15) is 43.2 Å². The maximum Gasteiger partial charge on any atom is 0.416 e. The molecule has 0 spiro atoms. The van der Waals surface area contributed by atoms with Crippen molar-refractivity contribution in [1.29, 1.82) is 0 Å². The minimum Gasteiger partial charge on any atom is -0.481 e. The van der Waals surface area contributed by atoms with Crippen LogP contribution >= 0.6 is 0 Å². The second-order valence-corrected chi connectivity index (χ2v) is 6.04. The first-order valence-corrected chi connectivity index (χ1v) is 7.41. The van der Waals surface area contributed by atoms with Crippen LogP contribution in [0, 0.1) is 5.41 Å². The highest BCUT2D eigenvalue weighted by Crippen LogP contribution is 2.38. The molecular weight excluding hydrogens is 295 g/mol. The molecule has 0 amide bonds. The first-order valence-electron chi connectivity index (χ1n) is 7.41. The zero-order valence-corrected chi connectivity index (χ0v) is 12.2. The third kappa shape index (κ3) is 3.43. The number of rotatable bonds is 3. The lowest BCUT2D eigenvalue weighted by atomic mass is 9.72. The van der Waals surface area contributed by atoms with E-state index in [1.54, 1.807) is 0 Å². The van der Waals surface area contributed by atoms with Gasteiger partial charge in [-0.3, -0.25) is 4.79 Å². The fourth-order valence-electron chi connectivity index (χ4n) is 3.18. The molecule has 0 aliphatic heterocycles. The molecule has 1 aliphatic rings. The number of benzene rings is 1. The molecule has 1 aromatic carbocycles. The third-order valence-electron chi connectivity index (χ3n) is 4.57. The Morgan fingerprint density at radius 2 is 1.86 bits per heavy atom. The van der Waals surface area contributed by atoms with Gasteiger partial charge in [0.05, 0.1) is 11.0 Å². The Balaban J connectivity index is 2.26. The van der Waals surface area contributed by atoms with Gasteiger partial charge >= 0.3 is 12.1 Å². The normalized spacial score (nSPS) is 26.5. The minimum absolute atomic E-state index is 0.168. The summed E-state index contributed by atoms with van der Waals surface area (Å²) < 4.78 is 37.8. The third-order valence-corrected chi connectivity index (χ3v) is 4.57. The Morgan fingerprint density at radius 3 is 2.41 bits per heavy atom. The molecule has 1 fully saturated rings. The van der Waals surface area contributed by atoms with Gasteiger partial charge < -0.3 is 10.8 Å². The summed E-state index contributed by atoms with van der Waals surface area (Å²) in [5, 5.41) is 9.67. The Kier molecular flexibility index (Phi) is 4.80. The van der Waals surface area contributed by atoms with Gasteiger partial charge in [0.1, 0.15) is 0 Å². The number of hydrogen-bond donors (Lipinski definition) is 2. The lowest BCUT2D eigenvalue weighted by molar-refractivity contribution is -0.151. The summed E-state index contributed by atoms with van der Waals surface area (Å²) in [6, 6.07) is 4.21. The molecule has 0 aromatic heterocycles. The van der Waals surface area contributed by atoms with E-state index in [0.717, 1.165) is 31.4 Å². The quantitative estimate of drug-likeness (QED) is 0.838. The molecule has 2 atom stereocenters. The number of carboxylic acids is 1. The van der Waals surface area contributed by atoms with Crippen LogP contribution in [0.3, 0.4) is 0 Å². The fraction of sp³-hybridized carbons (Fsp3) is 0.562. The van der Waals surface area contributed by atoms with Crippen molar-refractivity contribution in [1.82, 2.24) is 0 Å². The van der Waals surface area contributed by atoms with Crippen molar-refractivity contribution >= 4 is 5.97 Å². The van der Waals surface area contributed by atoms with Crippen molar-refractivity contribution in [2.24, 2.45) is 11.1 Å². The van der Waals surface area contributed by atoms with Gasteiger partial charge in [0.25, 0.3) is 0 Å². The molecule has 3 N–H and O–H groups in total. The number of hydrogen-bond acceptors (Lipinski definition) is 2. The molecular formula is C16H20F3NO2. The lowest BCUT2D eigenvalue weighted by Crippen LogP contribution is -2.48. The van der Waals surface area contributed by atoms with Crippen LogP contribution in [0.2, 0.25) is 0 Å². The molecule has 6 heteroatoms. The highest BCUT2D eigenvalue weighted by Gasteiger charge is 2.44. The molecule has 1 aliphatic carbocycles. The summed E-state index contributed by atoms with van der Waals surface area (Å²) in [5.41, 5.74) is 4.86. The van der Waals surface area contributed by atoms with Gasteiger partial charge in [-0.1, -0.05) is 31.4 Å². The van der Waals surface area contributed by atoms with E-state index < -0.39 is 29.2 Å². The monoisotopic (exact) mass is 315 g/mol. The van der Waals surface area contributed by atoms with Gasteiger partial charge in [0, 0.05) is 6.04 Å². The SMILES string of the molecule is N[C@@H]1CCCCC[C@@]1(Cc1ccc(C(F)(F)F)cc1)C(=O)O. The van der Waals surface area contributed by atoms with Crippen molar-refractivity contribution in [3.63, 3.8) is 0 Å². The summed E-state index contributed by atoms with van der Waals surface area (Å²) in [4.78, 5) is 11.8. The van der Waals surface area contributed by atoms with Crippen molar-refractivity contribution in [3.8, 4) is 0 Å². The number of carboxylic acid groups (broad SMARTS) is 1. The first-order chi connectivity index (χ1) is 10.3. The van der Waals surface area contributed by atoms with Gasteiger partial charge in [0.15, 0.2) is 0 Å². The summed E-state index contributed by atoms with van der Waals surface area (Å²) in [7, 11) is 0. The number of aliphatic carboxylic acids is 1. The van der Waals surface area contributed by atoms with Crippen LogP contribution in [0.4, 0.5) is 13.2 Å². The Hall–Kier alpha value is -1.56. The molecule has 0 bridgehead atoms. The topological polar surface area (TPSA) is 63.3 Å². The summed E-state index contributed by atoms with van der Waals surface area (Å²) in [5.74, 6) is -0.957. The standard InChI is InChI=1S/C16H20F3NO2/c17-16(18,19)12-7-5-11(6-8-12)10-15(14(21)22)9-3-1-2-4-13(15)20/h5-8,13H,1-4,9-10,20H2,(H,21,22)/t13-,15+/m1/s1. The van der Waals surface area contributed by atoms with E-state index in [4.69, 9.17) is 5.73 Å². The number of alkyl halides is 3. The van der Waals surface area contributed by atoms with E-state index in [1.807, 2.05) is 0 Å². The van der Waals surface area contributed by atoms with Crippen molar-refractivity contribution < 1.29 is 23.1 Å². The number of carbonyl (C=O) groups is 1. The molecule has 1 saturated carbocycles. The van der Waals surface area contributed by atoms with E-state index in [0.29, 0.717) is 18.4 Å². The van der Waals surface area contributed by atoms with Gasteiger partial charge in [-0.25, -0.2) is 0 Å². The van der Waals surface area contributed by atoms with Crippen molar-refractivity contribution in [3.05, 3.63) is 35.4 Å². The van der Waals surface area contributed by atoms with Crippen molar-refractivity contribution in [2.75, 3.05) is 0 Å². The molecule has 3 nitrogen and oxygen atoms in total. The van der Waals surface area contributed by atoms with Crippen LogP contribution in [0.25, 0.3) is 0 Å². The molecule has 22 heavy (non-hydrogen) atoms. The molecule has 2 rings (SSSR count). The second-order valence-electron chi connectivity index (χ2n) is 6.04. The minimum atomic E-state index is -4.39. The van der Waals surface area contributed by atoms with Crippen LogP contribution in [-0.2, 0) is 17.4 Å². The Labute approximate surface area is 127 Å². The number of halogens is 3. The van der Waals surface area contributed by atoms with E-state index in [2.05, 4.69) is 0 Å². The zero-order chi connectivity index (χ0) is 16.4. The number of nitrogens with two attached hydrogens (primary N) is 1. The van der Waals surface area contributed by atoms with Gasteiger partial charge in [0.2, 0.25) is 0 Å². The van der Waals surface area contributed by atoms with E-state index >= 15 is 0 Å². The van der Waals surface area contributed by atoms with E-state index in [-0.39, 0.29) is 6.42 Å². The van der Waals surface area contributed by atoms with Crippen molar-refractivity contribution in [2.45, 2.75) is 50.7 Å². The summed E-state index contributed by atoms with van der Waals surface area (Å²) in [6.45, 7) is 0. The van der Waals surface area contributed by atoms with Gasteiger partial charge in [-0.05, 0) is 37.0 Å². The molecule has 0 unspecified atom stereocenters. The molecule has 0 saturated heterocycles. The molecule has 0 heterocycles. The van der Waals surface area contributed by atoms with Gasteiger partial charge in [-0.15, -0.1) is 0 Å². The largest absolute Gasteiger partial charge is 0.481 e. The predicted octanol–water partition coefficient (Wildman–Crippen LogP) is 3.61. The second kappa shape index (κ2) is 6.28. The van der Waals surface area contributed by atoms with E-state index in [1.165, 1.54) is 12.1 Å². The van der Waals surface area contributed by atoms with Crippen LogP contribution in [0.5, 0.6) is 0 Å². The average molecular weight is 315 g/mol. The summed E-state index contributed by atoms with van der Waals surface area (Å²) >= 11 is 0. The first kappa shape index (κ1) is 16.8. The summed E-state index contributed by atoms with van der Waals surface area (Å²) in [6.07, 6.45) is -0.513. The average Bonchev–Trinajstić information content (AvgIpc) is 2.62. The van der Waals surface area contributed by atoms with E-state index in [9.17, 15) is 23.1 Å². The Morgan fingerprint density at radius 1 is 1.23 bits per heavy atom. The Bertz CT molecular complexity index is 527. The predicted molar refractivity (Wildman–Crippen MR) is 76.3 cm³/mol. The highest BCUT2D eigenvalue weighted by molar-refractivity contribution is 5.76. The maximum atomic E-state index is 12.6. The van der Waals surface area contributed by atoms with Crippen LogP contribution in [0.15, 0.2) is 24.3 Å². The maximum absolute atomic E-state index is 12.6. The molecule has 0 radical (unpaired) electrons. The zero-order valence-electron chi connectivity index (χ0n) is 12.2. The molecule has 1 aromatic rings. The fourth-order valence-corrected chi connectivity index (χ4v) is 3.18. The van der Waals surface area contributed by atoms with Crippen LogP contribution < -0.4 is 5.73 Å². The van der Waals surface area contributed by atoms with Crippen LogP contribution in [-0.4, -0.2) is 17.1 Å². The highest BCUT2D eigenvalue weighted by atomic mass is 19.4.